The lowest BCUT2D eigenvalue weighted by molar-refractivity contribution is -0.208. The monoisotopic (exact) mass is 556 g/mol. The molecule has 0 amide bonds. The maximum absolute atomic E-state index is 14.0. The van der Waals surface area contributed by atoms with Crippen molar-refractivity contribution in [1.82, 2.24) is 4.90 Å². The summed E-state index contributed by atoms with van der Waals surface area (Å²) in [4.78, 5) is 56.8. The average Bonchev–Trinajstić information content (AvgIpc) is 3.31. The van der Waals surface area contributed by atoms with Gasteiger partial charge in [0.05, 0.1) is 29.5 Å². The number of aliphatic hydroxyl groups is 3. The zero-order valence-electron chi connectivity index (χ0n) is 23.6. The maximum atomic E-state index is 14.0. The fourth-order valence-corrected chi connectivity index (χ4v) is 7.93. The topological polar surface area (TPSA) is 156 Å². The molecule has 1 aromatic carbocycles. The van der Waals surface area contributed by atoms with Crippen LogP contribution < -0.4 is 4.90 Å². The van der Waals surface area contributed by atoms with Crippen LogP contribution in [0.2, 0.25) is 0 Å². The van der Waals surface area contributed by atoms with E-state index in [1.165, 1.54) is 6.92 Å². The zero-order chi connectivity index (χ0) is 29.3. The van der Waals surface area contributed by atoms with Crippen molar-refractivity contribution in [3.8, 4) is 5.75 Å². The first-order chi connectivity index (χ1) is 18.8. The Morgan fingerprint density at radius 1 is 1.18 bits per heavy atom. The van der Waals surface area contributed by atoms with Crippen molar-refractivity contribution in [2.45, 2.75) is 75.7 Å². The second kappa shape index (κ2) is 10.3. The van der Waals surface area contributed by atoms with E-state index in [0.717, 1.165) is 19.4 Å². The number of hydrogen-bond donors (Lipinski definition) is 4. The summed E-state index contributed by atoms with van der Waals surface area (Å²) < 4.78 is 0. The number of phenols is 1. The first kappa shape index (κ1) is 28.9. The summed E-state index contributed by atoms with van der Waals surface area (Å²) in [5.41, 5.74) is -0.552. The van der Waals surface area contributed by atoms with Crippen LogP contribution >= 0.6 is 0 Å². The van der Waals surface area contributed by atoms with Gasteiger partial charge in [-0.25, -0.2) is 0 Å². The first-order valence-corrected chi connectivity index (χ1v) is 14.2. The number of likely N-dealkylation sites (tertiary alicyclic amines) is 1. The molecule has 0 radical (unpaired) electrons. The third kappa shape index (κ3) is 4.31. The van der Waals surface area contributed by atoms with Crippen LogP contribution in [-0.4, -0.2) is 100.0 Å². The molecule has 40 heavy (non-hydrogen) atoms. The van der Waals surface area contributed by atoms with Crippen LogP contribution in [0.5, 0.6) is 5.75 Å². The Morgan fingerprint density at radius 3 is 2.48 bits per heavy atom. The van der Waals surface area contributed by atoms with Crippen LogP contribution in [0.3, 0.4) is 0 Å². The highest BCUT2D eigenvalue weighted by atomic mass is 16.4. The number of aromatic hydroxyl groups is 1. The van der Waals surface area contributed by atoms with Crippen molar-refractivity contribution in [3.63, 3.8) is 0 Å². The van der Waals surface area contributed by atoms with Crippen molar-refractivity contribution < 1.29 is 39.6 Å². The van der Waals surface area contributed by atoms with E-state index >= 15 is 0 Å². The molecule has 1 saturated heterocycles. The summed E-state index contributed by atoms with van der Waals surface area (Å²) in [7, 11) is 5.58. The Balaban J connectivity index is 1.50. The van der Waals surface area contributed by atoms with Gasteiger partial charge < -0.3 is 25.3 Å². The van der Waals surface area contributed by atoms with Crippen LogP contribution in [0.1, 0.15) is 60.5 Å². The van der Waals surface area contributed by atoms with E-state index in [1.54, 1.807) is 6.07 Å². The molecule has 0 bridgehead atoms. The predicted molar refractivity (Wildman–Crippen MR) is 145 cm³/mol. The van der Waals surface area contributed by atoms with Crippen LogP contribution in [0.15, 0.2) is 6.07 Å². The van der Waals surface area contributed by atoms with Crippen LogP contribution in [0.4, 0.5) is 5.69 Å². The lowest BCUT2D eigenvalue weighted by atomic mass is 9.52. The molecule has 1 aliphatic heterocycles. The summed E-state index contributed by atoms with van der Waals surface area (Å²) in [6, 6.07) is 1.66. The number of aryl methyl sites for hydroxylation is 1. The third-order valence-electron chi connectivity index (χ3n) is 10.0. The number of phenolic OH excluding ortho intramolecular Hbond substituents is 1. The maximum Gasteiger partial charge on any atom is 0.178 e. The van der Waals surface area contributed by atoms with E-state index in [-0.39, 0.29) is 48.8 Å². The van der Waals surface area contributed by atoms with E-state index in [2.05, 4.69) is 0 Å². The van der Waals surface area contributed by atoms with Gasteiger partial charge in [-0.05, 0) is 82.2 Å². The van der Waals surface area contributed by atoms with E-state index in [4.69, 9.17) is 0 Å². The lowest BCUT2D eigenvalue weighted by Crippen LogP contribution is -2.70. The highest BCUT2D eigenvalue weighted by molar-refractivity contribution is 6.17. The van der Waals surface area contributed by atoms with E-state index < -0.39 is 58.8 Å². The number of Topliss-reactive ketones (excluding diaryl/α,β-unsaturated/α-hetero) is 4. The summed E-state index contributed by atoms with van der Waals surface area (Å²) in [6.07, 6.45) is -0.381. The molecule has 4 N–H and O–H groups in total. The number of aliphatic hydroxyl groups excluding tert-OH is 2. The predicted octanol–water partition coefficient (Wildman–Crippen LogP) is 0.676. The number of ketones is 4. The van der Waals surface area contributed by atoms with Gasteiger partial charge in [-0.15, -0.1) is 0 Å². The normalized spacial score (nSPS) is 35.6. The second-order valence-corrected chi connectivity index (χ2v) is 12.6. The van der Waals surface area contributed by atoms with Gasteiger partial charge in [0.15, 0.2) is 17.2 Å². The number of rotatable bonds is 6. The van der Waals surface area contributed by atoms with E-state index in [9.17, 15) is 39.6 Å². The number of carbonyl (C=O) groups is 4. The Bertz CT molecular complexity index is 1260. The molecule has 218 valence electrons. The molecule has 10 heteroatoms. The van der Waals surface area contributed by atoms with Gasteiger partial charge in [0.2, 0.25) is 0 Å². The van der Waals surface area contributed by atoms with Gasteiger partial charge in [-0.1, -0.05) is 0 Å². The minimum absolute atomic E-state index is 0.0248. The second-order valence-electron chi connectivity index (χ2n) is 12.6. The van der Waals surface area contributed by atoms with Crippen LogP contribution in [0, 0.1) is 23.7 Å². The molecule has 2 saturated carbocycles. The summed E-state index contributed by atoms with van der Waals surface area (Å²) in [5.74, 6) is -6.12. The molecule has 0 spiro atoms. The first-order valence-electron chi connectivity index (χ1n) is 14.2. The van der Waals surface area contributed by atoms with Gasteiger partial charge in [-0.2, -0.15) is 0 Å². The standard InChI is InChI=1S/C30H40N2O8/c1-14(33)23-22(35)13-17-10-16-11-18-20(31(2)3)12-15(7-8-21(34)19-6-5-9-32(19)4)26(36)25(18)27(37)24(16)29(39)30(17,40)28(23)38/h12,16-17,19,22-24,28,35-36,38,40H,5-11,13H2,1-4H3/t16-,17+,19?,22?,23?,24?,28?,30-/m1/s1. The number of carbonyl (C=O) groups excluding carboxylic acids is 4. The number of hydrogen-bond acceptors (Lipinski definition) is 10. The quantitative estimate of drug-likeness (QED) is 0.368. The van der Waals surface area contributed by atoms with Crippen LogP contribution in [-0.2, 0) is 27.2 Å². The average molecular weight is 557 g/mol. The Hall–Kier alpha value is -2.66. The van der Waals surface area contributed by atoms with Gasteiger partial charge in [0.25, 0.3) is 0 Å². The molecule has 4 aliphatic rings. The van der Waals surface area contributed by atoms with Gasteiger partial charge in [0.1, 0.15) is 23.4 Å². The molecule has 10 nitrogen and oxygen atoms in total. The lowest BCUT2D eigenvalue weighted by Gasteiger charge is -2.54. The molecular weight excluding hydrogens is 516 g/mol. The molecule has 3 aliphatic carbocycles. The Morgan fingerprint density at radius 2 is 1.88 bits per heavy atom. The van der Waals surface area contributed by atoms with Gasteiger partial charge >= 0.3 is 0 Å². The molecule has 8 atom stereocenters. The molecule has 5 rings (SSSR count). The molecule has 5 unspecified atom stereocenters. The van der Waals surface area contributed by atoms with Crippen molar-refractivity contribution in [2.24, 2.45) is 23.7 Å². The number of anilines is 1. The molecule has 3 fully saturated rings. The Kier molecular flexibility index (Phi) is 7.44. The fraction of sp³-hybridized carbons (Fsp3) is 0.667. The smallest absolute Gasteiger partial charge is 0.178 e. The highest BCUT2D eigenvalue weighted by Gasteiger charge is 2.65. The summed E-state index contributed by atoms with van der Waals surface area (Å²) in [6.45, 7) is 2.06. The minimum atomic E-state index is -2.35. The number of benzene rings is 1. The minimum Gasteiger partial charge on any atom is -0.507 e. The molecule has 1 heterocycles. The summed E-state index contributed by atoms with van der Waals surface area (Å²) >= 11 is 0. The van der Waals surface area contributed by atoms with Crippen molar-refractivity contribution in [3.05, 3.63) is 22.8 Å². The number of nitrogens with zero attached hydrogens (tertiary/aromatic N) is 2. The van der Waals surface area contributed by atoms with E-state index in [0.29, 0.717) is 23.2 Å². The Labute approximate surface area is 234 Å². The summed E-state index contributed by atoms with van der Waals surface area (Å²) in [5, 5.41) is 44.5. The molecular formula is C30H40N2O8. The number of likely N-dealkylation sites (N-methyl/N-ethyl adjacent to an activating group) is 1. The van der Waals surface area contributed by atoms with Crippen molar-refractivity contribution in [2.75, 3.05) is 32.6 Å². The highest BCUT2D eigenvalue weighted by Crippen LogP contribution is 2.53. The molecule has 0 aromatic heterocycles. The third-order valence-corrected chi connectivity index (χ3v) is 10.0. The van der Waals surface area contributed by atoms with Crippen LogP contribution in [0.25, 0.3) is 0 Å². The molecule has 1 aromatic rings. The SMILES string of the molecule is CC(=O)C1C(O)C[C@@H]2C[C@@H]3Cc4c(N(C)C)cc(CCC(=O)C5CCCN5C)c(O)c4C(=O)C3C(=O)[C@]2(O)C1O. The fourth-order valence-electron chi connectivity index (χ4n) is 7.93. The van der Waals surface area contributed by atoms with Crippen molar-refractivity contribution >= 4 is 28.8 Å². The largest absolute Gasteiger partial charge is 0.507 e. The van der Waals surface area contributed by atoms with Gasteiger partial charge in [0, 0.05) is 32.1 Å². The van der Waals surface area contributed by atoms with E-state index in [1.807, 2.05) is 30.9 Å². The van der Waals surface area contributed by atoms with Crippen molar-refractivity contribution in [1.29, 1.82) is 0 Å². The number of fused-ring (bicyclic) bond motifs is 3. The zero-order valence-corrected chi connectivity index (χ0v) is 23.6. The van der Waals surface area contributed by atoms with Gasteiger partial charge in [-0.3, -0.25) is 24.1 Å².